The fourth-order valence-electron chi connectivity index (χ4n) is 2.45. The lowest BCUT2D eigenvalue weighted by Gasteiger charge is -2.13. The number of pyridine rings is 1. The third kappa shape index (κ3) is 3.41. The number of halogens is 1. The van der Waals surface area contributed by atoms with Crippen molar-refractivity contribution in [3.05, 3.63) is 65.3 Å². The monoisotopic (exact) mass is 389 g/mol. The maximum absolute atomic E-state index is 12.6. The van der Waals surface area contributed by atoms with Crippen molar-refractivity contribution in [2.75, 3.05) is 19.4 Å². The van der Waals surface area contributed by atoms with E-state index in [-0.39, 0.29) is 10.5 Å². The highest BCUT2D eigenvalue weighted by molar-refractivity contribution is 7.89. The van der Waals surface area contributed by atoms with Crippen LogP contribution in [-0.4, -0.2) is 37.7 Å². The molecule has 8 heteroatoms. The van der Waals surface area contributed by atoms with E-state index in [0.29, 0.717) is 21.6 Å². The summed E-state index contributed by atoms with van der Waals surface area (Å²) >= 11 is 6.14. The molecule has 0 radical (unpaired) electrons. The van der Waals surface area contributed by atoms with Crippen LogP contribution in [0.25, 0.3) is 10.9 Å². The molecular weight excluding hydrogens is 374 g/mol. The molecule has 134 valence electrons. The van der Waals surface area contributed by atoms with Gasteiger partial charge in [-0.05, 0) is 30.3 Å². The summed E-state index contributed by atoms with van der Waals surface area (Å²) in [6.45, 7) is 0. The summed E-state index contributed by atoms with van der Waals surface area (Å²) in [7, 11) is -0.741. The second-order valence-electron chi connectivity index (χ2n) is 5.76. The third-order valence-electron chi connectivity index (χ3n) is 3.84. The average Bonchev–Trinajstić information content (AvgIpc) is 2.62. The number of carbonyl (C=O) groups is 1. The number of fused-ring (bicyclic) bond motifs is 1. The van der Waals surface area contributed by atoms with Gasteiger partial charge in [-0.15, -0.1) is 0 Å². The standard InChI is InChI=1S/C18H16ClN3O3S/c1-22(2)26(24,25)13-6-3-5-12(11-13)18(23)21-16-9-10-20-17-14(16)7-4-8-15(17)19/h3-11H,1-2H3,(H,20,21,23). The molecule has 0 aliphatic heterocycles. The first-order valence-corrected chi connectivity index (χ1v) is 9.49. The van der Waals surface area contributed by atoms with Crippen molar-refractivity contribution in [3.8, 4) is 0 Å². The van der Waals surface area contributed by atoms with Crippen LogP contribution in [-0.2, 0) is 10.0 Å². The van der Waals surface area contributed by atoms with Crippen LogP contribution in [0.15, 0.2) is 59.6 Å². The molecule has 0 unspecified atom stereocenters. The molecule has 1 amide bonds. The number of nitrogens with zero attached hydrogens (tertiary/aromatic N) is 2. The molecule has 0 fully saturated rings. The number of carbonyl (C=O) groups excluding carboxylic acids is 1. The Labute approximate surface area is 156 Å². The largest absolute Gasteiger partial charge is 0.321 e. The summed E-state index contributed by atoms with van der Waals surface area (Å²) in [6, 6.07) is 12.8. The Morgan fingerprint density at radius 2 is 1.85 bits per heavy atom. The highest BCUT2D eigenvalue weighted by Crippen LogP contribution is 2.27. The van der Waals surface area contributed by atoms with Crippen molar-refractivity contribution >= 4 is 44.1 Å². The van der Waals surface area contributed by atoms with E-state index in [1.165, 1.54) is 32.3 Å². The topological polar surface area (TPSA) is 79.4 Å². The van der Waals surface area contributed by atoms with E-state index >= 15 is 0 Å². The summed E-state index contributed by atoms with van der Waals surface area (Å²) in [5.41, 5.74) is 1.36. The second-order valence-corrected chi connectivity index (χ2v) is 8.32. The highest BCUT2D eigenvalue weighted by Gasteiger charge is 2.19. The summed E-state index contributed by atoms with van der Waals surface area (Å²) < 4.78 is 25.6. The highest BCUT2D eigenvalue weighted by atomic mass is 35.5. The number of sulfonamides is 1. The van der Waals surface area contributed by atoms with E-state index < -0.39 is 15.9 Å². The van der Waals surface area contributed by atoms with E-state index in [0.717, 1.165) is 4.31 Å². The van der Waals surface area contributed by atoms with E-state index in [2.05, 4.69) is 10.3 Å². The molecule has 3 rings (SSSR count). The van der Waals surface area contributed by atoms with E-state index in [1.54, 1.807) is 36.5 Å². The maximum Gasteiger partial charge on any atom is 0.255 e. The number of hydrogen-bond donors (Lipinski definition) is 1. The minimum absolute atomic E-state index is 0.0535. The van der Waals surface area contributed by atoms with Gasteiger partial charge in [-0.25, -0.2) is 12.7 Å². The lowest BCUT2D eigenvalue weighted by Crippen LogP contribution is -2.22. The van der Waals surface area contributed by atoms with Crippen LogP contribution in [0.4, 0.5) is 5.69 Å². The Balaban J connectivity index is 1.96. The molecular formula is C18H16ClN3O3S. The van der Waals surface area contributed by atoms with Gasteiger partial charge in [0.15, 0.2) is 0 Å². The number of hydrogen-bond acceptors (Lipinski definition) is 4. The van der Waals surface area contributed by atoms with Gasteiger partial charge >= 0.3 is 0 Å². The van der Waals surface area contributed by atoms with Gasteiger partial charge in [-0.3, -0.25) is 9.78 Å². The van der Waals surface area contributed by atoms with Gasteiger partial charge in [0.25, 0.3) is 5.91 Å². The zero-order chi connectivity index (χ0) is 18.9. The van der Waals surface area contributed by atoms with Gasteiger partial charge in [-0.2, -0.15) is 0 Å². The molecule has 0 aliphatic carbocycles. The Bertz CT molecular complexity index is 1100. The van der Waals surface area contributed by atoms with Crippen LogP contribution < -0.4 is 5.32 Å². The minimum atomic E-state index is -3.62. The molecule has 6 nitrogen and oxygen atoms in total. The molecule has 3 aromatic rings. The number of amides is 1. The van der Waals surface area contributed by atoms with Crippen molar-refractivity contribution < 1.29 is 13.2 Å². The van der Waals surface area contributed by atoms with Crippen molar-refractivity contribution in [1.82, 2.24) is 9.29 Å². The van der Waals surface area contributed by atoms with Crippen LogP contribution in [0, 0.1) is 0 Å². The van der Waals surface area contributed by atoms with Gasteiger partial charge < -0.3 is 5.32 Å². The van der Waals surface area contributed by atoms with E-state index in [9.17, 15) is 13.2 Å². The van der Waals surface area contributed by atoms with Crippen molar-refractivity contribution in [2.45, 2.75) is 4.90 Å². The zero-order valence-corrected chi connectivity index (χ0v) is 15.7. The fraction of sp³-hybridized carbons (Fsp3) is 0.111. The molecule has 2 aromatic carbocycles. The molecule has 1 N–H and O–H groups in total. The van der Waals surface area contributed by atoms with Gasteiger partial charge in [0.05, 0.1) is 21.1 Å². The minimum Gasteiger partial charge on any atom is -0.321 e. The van der Waals surface area contributed by atoms with Crippen LogP contribution in [0.1, 0.15) is 10.4 Å². The molecule has 1 aromatic heterocycles. The van der Waals surface area contributed by atoms with Gasteiger partial charge in [0, 0.05) is 31.2 Å². The van der Waals surface area contributed by atoms with Gasteiger partial charge in [-0.1, -0.05) is 29.8 Å². The molecule has 0 atom stereocenters. The SMILES string of the molecule is CN(C)S(=O)(=O)c1cccc(C(=O)Nc2ccnc3c(Cl)cccc23)c1. The van der Waals surface area contributed by atoms with Gasteiger partial charge in [0.2, 0.25) is 10.0 Å². The van der Waals surface area contributed by atoms with Crippen LogP contribution in [0.3, 0.4) is 0 Å². The number of anilines is 1. The number of para-hydroxylation sites is 1. The molecule has 0 aliphatic rings. The predicted molar refractivity (Wildman–Crippen MR) is 102 cm³/mol. The Hall–Kier alpha value is -2.48. The molecule has 26 heavy (non-hydrogen) atoms. The second kappa shape index (κ2) is 7.03. The average molecular weight is 390 g/mol. The lowest BCUT2D eigenvalue weighted by molar-refractivity contribution is 0.102. The number of rotatable bonds is 4. The molecule has 0 saturated carbocycles. The van der Waals surface area contributed by atoms with Gasteiger partial charge in [0.1, 0.15) is 0 Å². The summed E-state index contributed by atoms with van der Waals surface area (Å²) in [6.07, 6.45) is 1.55. The lowest BCUT2D eigenvalue weighted by atomic mass is 10.1. The van der Waals surface area contributed by atoms with Crippen LogP contribution in [0.5, 0.6) is 0 Å². The first-order chi connectivity index (χ1) is 12.3. The number of nitrogens with one attached hydrogen (secondary N) is 1. The van der Waals surface area contributed by atoms with E-state index in [4.69, 9.17) is 11.6 Å². The molecule has 0 bridgehead atoms. The Morgan fingerprint density at radius 3 is 2.58 bits per heavy atom. The third-order valence-corrected chi connectivity index (χ3v) is 5.96. The summed E-state index contributed by atoms with van der Waals surface area (Å²) in [5, 5.41) is 3.97. The fourth-order valence-corrected chi connectivity index (χ4v) is 3.62. The predicted octanol–water partition coefficient (Wildman–Crippen LogP) is 3.39. The first-order valence-electron chi connectivity index (χ1n) is 7.68. The number of benzene rings is 2. The Morgan fingerprint density at radius 1 is 1.12 bits per heavy atom. The zero-order valence-electron chi connectivity index (χ0n) is 14.1. The van der Waals surface area contributed by atoms with Crippen molar-refractivity contribution in [1.29, 1.82) is 0 Å². The maximum atomic E-state index is 12.6. The number of aromatic nitrogens is 1. The first kappa shape index (κ1) is 18.3. The summed E-state index contributed by atoms with van der Waals surface area (Å²) in [5.74, 6) is -0.423. The smallest absolute Gasteiger partial charge is 0.255 e. The molecule has 0 spiro atoms. The summed E-state index contributed by atoms with van der Waals surface area (Å²) in [4.78, 5) is 16.9. The normalized spacial score (nSPS) is 11.7. The van der Waals surface area contributed by atoms with E-state index in [1.807, 2.05) is 0 Å². The van der Waals surface area contributed by atoms with Crippen LogP contribution in [0.2, 0.25) is 5.02 Å². The Kier molecular flexibility index (Phi) is 4.95. The van der Waals surface area contributed by atoms with Crippen molar-refractivity contribution in [2.24, 2.45) is 0 Å². The molecule has 0 saturated heterocycles. The quantitative estimate of drug-likeness (QED) is 0.741. The van der Waals surface area contributed by atoms with Crippen LogP contribution >= 0.6 is 11.6 Å². The molecule has 1 heterocycles. The van der Waals surface area contributed by atoms with Crippen molar-refractivity contribution in [3.63, 3.8) is 0 Å².